The Morgan fingerprint density at radius 2 is 1.81 bits per heavy atom. The molecule has 0 bridgehead atoms. The first-order valence-electron chi connectivity index (χ1n) is 10.3. The number of amides is 1. The fraction of sp³-hybridized carbons (Fsp3) is 0.500. The van der Waals surface area contributed by atoms with Gasteiger partial charge in [0, 0.05) is 25.1 Å². The van der Waals surface area contributed by atoms with Gasteiger partial charge in [-0.15, -0.1) is 0 Å². The van der Waals surface area contributed by atoms with Gasteiger partial charge >= 0.3 is 0 Å². The minimum Gasteiger partial charge on any atom is -0.311 e. The summed E-state index contributed by atoms with van der Waals surface area (Å²) < 4.78 is 52.2. The summed E-state index contributed by atoms with van der Waals surface area (Å²) in [7, 11) is -6.64. The van der Waals surface area contributed by atoms with Crippen molar-refractivity contribution in [1.29, 1.82) is 0 Å². The van der Waals surface area contributed by atoms with Crippen LogP contribution in [-0.4, -0.2) is 61.4 Å². The SMILES string of the molecule is Cc1cc(NC(=O)C2CCN(S(=O)(=O)c3ccccc3)CC2)n(C2CCS(=O)(=O)C2)n1. The van der Waals surface area contributed by atoms with Crippen LogP contribution in [0.2, 0.25) is 0 Å². The molecule has 1 atom stereocenters. The Kier molecular flexibility index (Phi) is 5.93. The van der Waals surface area contributed by atoms with Crippen LogP contribution in [0.15, 0.2) is 41.3 Å². The zero-order chi connectivity index (χ0) is 22.2. The summed E-state index contributed by atoms with van der Waals surface area (Å²) in [6.45, 7) is 2.34. The number of rotatable bonds is 5. The van der Waals surface area contributed by atoms with Crippen LogP contribution in [0.1, 0.15) is 31.0 Å². The van der Waals surface area contributed by atoms with Crippen LogP contribution in [-0.2, 0) is 24.7 Å². The van der Waals surface area contributed by atoms with E-state index in [2.05, 4.69) is 10.4 Å². The summed E-state index contributed by atoms with van der Waals surface area (Å²) >= 11 is 0. The van der Waals surface area contributed by atoms with Gasteiger partial charge in [-0.05, 0) is 38.3 Å². The number of piperidine rings is 1. The molecule has 4 rings (SSSR count). The zero-order valence-corrected chi connectivity index (χ0v) is 18.9. The van der Waals surface area contributed by atoms with Gasteiger partial charge in [0.15, 0.2) is 9.84 Å². The number of hydrogen-bond donors (Lipinski definition) is 1. The van der Waals surface area contributed by atoms with Crippen LogP contribution in [0.5, 0.6) is 0 Å². The van der Waals surface area contributed by atoms with E-state index in [0.29, 0.717) is 30.8 Å². The van der Waals surface area contributed by atoms with Crippen molar-refractivity contribution in [3.8, 4) is 0 Å². The van der Waals surface area contributed by atoms with Crippen molar-refractivity contribution < 1.29 is 21.6 Å². The third-order valence-corrected chi connectivity index (χ3v) is 9.53. The van der Waals surface area contributed by atoms with Crippen LogP contribution in [0, 0.1) is 12.8 Å². The van der Waals surface area contributed by atoms with Gasteiger partial charge in [0.05, 0.1) is 28.1 Å². The number of nitrogens with zero attached hydrogens (tertiary/aromatic N) is 3. The second-order valence-electron chi connectivity index (χ2n) is 8.15. The molecule has 0 aliphatic carbocycles. The highest BCUT2D eigenvalue weighted by Gasteiger charge is 2.34. The van der Waals surface area contributed by atoms with Gasteiger partial charge in [0.25, 0.3) is 0 Å². The van der Waals surface area contributed by atoms with Gasteiger partial charge in [-0.3, -0.25) is 4.79 Å². The molecular formula is C20H26N4O5S2. The maximum absolute atomic E-state index is 12.9. The average Bonchev–Trinajstić information content (AvgIpc) is 3.29. The first-order chi connectivity index (χ1) is 14.7. The number of benzene rings is 1. The van der Waals surface area contributed by atoms with Gasteiger partial charge in [-0.2, -0.15) is 9.40 Å². The third-order valence-electron chi connectivity index (χ3n) is 5.87. The van der Waals surface area contributed by atoms with Crippen LogP contribution < -0.4 is 5.32 Å². The highest BCUT2D eigenvalue weighted by molar-refractivity contribution is 7.91. The molecule has 1 N–H and O–H groups in total. The lowest BCUT2D eigenvalue weighted by molar-refractivity contribution is -0.121. The summed E-state index contributed by atoms with van der Waals surface area (Å²) in [5.74, 6) is 0.117. The van der Waals surface area contributed by atoms with E-state index >= 15 is 0 Å². The van der Waals surface area contributed by atoms with E-state index in [0.717, 1.165) is 0 Å². The number of aromatic nitrogens is 2. The fourth-order valence-electron chi connectivity index (χ4n) is 4.18. The molecule has 2 aliphatic rings. The summed E-state index contributed by atoms with van der Waals surface area (Å²) in [4.78, 5) is 13.1. The van der Waals surface area contributed by atoms with E-state index in [1.165, 1.54) is 4.31 Å². The average molecular weight is 467 g/mol. The normalized spacial score (nSPS) is 22.4. The first-order valence-corrected chi connectivity index (χ1v) is 13.5. The highest BCUT2D eigenvalue weighted by atomic mass is 32.2. The van der Waals surface area contributed by atoms with Gasteiger partial charge < -0.3 is 5.32 Å². The maximum atomic E-state index is 12.9. The molecule has 11 heteroatoms. The predicted molar refractivity (Wildman–Crippen MR) is 116 cm³/mol. The molecule has 9 nitrogen and oxygen atoms in total. The molecule has 0 spiro atoms. The van der Waals surface area contributed by atoms with Crippen molar-refractivity contribution >= 4 is 31.6 Å². The molecule has 1 amide bonds. The summed E-state index contributed by atoms with van der Waals surface area (Å²) in [6, 6.07) is 9.73. The highest BCUT2D eigenvalue weighted by Crippen LogP contribution is 2.29. The number of aryl methyl sites for hydroxylation is 1. The molecule has 1 aromatic heterocycles. The van der Waals surface area contributed by atoms with Crippen LogP contribution >= 0.6 is 0 Å². The topological polar surface area (TPSA) is 118 Å². The van der Waals surface area contributed by atoms with Gasteiger partial charge in [-0.1, -0.05) is 18.2 Å². The van der Waals surface area contributed by atoms with Crippen molar-refractivity contribution in [1.82, 2.24) is 14.1 Å². The first kappa shape index (κ1) is 22.0. The van der Waals surface area contributed by atoms with E-state index in [-0.39, 0.29) is 47.4 Å². The van der Waals surface area contributed by atoms with Crippen molar-refractivity contribution in [3.05, 3.63) is 42.1 Å². The van der Waals surface area contributed by atoms with Gasteiger partial charge in [0.2, 0.25) is 15.9 Å². The number of carbonyl (C=O) groups is 1. The Hall–Kier alpha value is -2.24. The van der Waals surface area contributed by atoms with Gasteiger partial charge in [-0.25, -0.2) is 21.5 Å². The Balaban J connectivity index is 1.40. The van der Waals surface area contributed by atoms with E-state index in [4.69, 9.17) is 0 Å². The van der Waals surface area contributed by atoms with Crippen LogP contribution in [0.4, 0.5) is 5.82 Å². The lowest BCUT2D eigenvalue weighted by atomic mass is 9.97. The summed E-state index contributed by atoms with van der Waals surface area (Å²) in [5.41, 5.74) is 0.698. The van der Waals surface area contributed by atoms with E-state index in [9.17, 15) is 21.6 Å². The number of nitrogens with one attached hydrogen (secondary N) is 1. The maximum Gasteiger partial charge on any atom is 0.243 e. The number of sulfone groups is 1. The molecule has 31 heavy (non-hydrogen) atoms. The summed E-state index contributed by atoms with van der Waals surface area (Å²) in [5, 5.41) is 7.27. The van der Waals surface area contributed by atoms with Crippen molar-refractivity contribution in [2.24, 2.45) is 5.92 Å². The molecule has 1 aromatic carbocycles. The largest absolute Gasteiger partial charge is 0.311 e. The molecule has 3 heterocycles. The number of sulfonamides is 1. The number of anilines is 1. The minimum atomic E-state index is -3.56. The zero-order valence-electron chi connectivity index (χ0n) is 17.3. The second kappa shape index (κ2) is 8.36. The Morgan fingerprint density at radius 1 is 1.13 bits per heavy atom. The molecule has 0 saturated carbocycles. The monoisotopic (exact) mass is 466 g/mol. The molecule has 2 fully saturated rings. The standard InChI is InChI=1S/C20H26N4O5S2/c1-15-13-19(24(22-15)17-9-12-30(26,27)14-17)21-20(25)16-7-10-23(11-8-16)31(28,29)18-5-3-2-4-6-18/h2-6,13,16-17H,7-12,14H2,1H3,(H,21,25). The van der Waals surface area contributed by atoms with Crippen LogP contribution in [0.3, 0.4) is 0 Å². The van der Waals surface area contributed by atoms with E-state index in [1.54, 1.807) is 48.0 Å². The quantitative estimate of drug-likeness (QED) is 0.715. The van der Waals surface area contributed by atoms with Gasteiger partial charge in [0.1, 0.15) is 5.82 Å². The molecule has 168 valence electrons. The lowest BCUT2D eigenvalue weighted by Gasteiger charge is -2.30. The molecule has 2 aliphatic heterocycles. The predicted octanol–water partition coefficient (Wildman–Crippen LogP) is 1.59. The van der Waals surface area contributed by atoms with Crippen molar-refractivity contribution in [3.63, 3.8) is 0 Å². The minimum absolute atomic E-state index is 0.0206. The molecular weight excluding hydrogens is 440 g/mol. The third kappa shape index (κ3) is 4.68. The van der Waals surface area contributed by atoms with E-state index < -0.39 is 19.9 Å². The van der Waals surface area contributed by atoms with E-state index in [1.807, 2.05) is 0 Å². The van der Waals surface area contributed by atoms with Crippen molar-refractivity contribution in [2.45, 2.75) is 37.1 Å². The fourth-order valence-corrected chi connectivity index (χ4v) is 7.37. The smallest absolute Gasteiger partial charge is 0.243 e. The van der Waals surface area contributed by atoms with Crippen molar-refractivity contribution in [2.75, 3.05) is 29.9 Å². The second-order valence-corrected chi connectivity index (χ2v) is 12.3. The Labute approximate surface area is 182 Å². The molecule has 2 aromatic rings. The summed E-state index contributed by atoms with van der Waals surface area (Å²) in [6.07, 6.45) is 1.31. The number of carbonyl (C=O) groups excluding carboxylic acids is 1. The molecule has 0 radical (unpaired) electrons. The Bertz CT molecular complexity index is 1170. The Morgan fingerprint density at radius 3 is 2.42 bits per heavy atom. The molecule has 1 unspecified atom stereocenters. The number of hydrogen-bond acceptors (Lipinski definition) is 6. The van der Waals surface area contributed by atoms with Crippen LogP contribution in [0.25, 0.3) is 0 Å². The lowest BCUT2D eigenvalue weighted by Crippen LogP contribution is -2.41. The molecule has 2 saturated heterocycles.